The summed E-state index contributed by atoms with van der Waals surface area (Å²) in [6, 6.07) is 7.70. The molecule has 0 aliphatic rings. The van der Waals surface area contributed by atoms with Gasteiger partial charge in [0.25, 0.3) is 10.1 Å². The van der Waals surface area contributed by atoms with Gasteiger partial charge in [-0.3, -0.25) is 9.54 Å². The van der Waals surface area contributed by atoms with Gasteiger partial charge in [-0.05, 0) is 24.3 Å². The SMILES string of the molecule is O=S(=O)(O)c1ccc2ncccc2c1.[H-].[Na+]. The van der Waals surface area contributed by atoms with E-state index in [0.717, 1.165) is 0 Å². The third-order valence-corrected chi connectivity index (χ3v) is 2.72. The van der Waals surface area contributed by atoms with Crippen LogP contribution >= 0.6 is 0 Å². The molecule has 0 bridgehead atoms. The zero-order valence-corrected chi connectivity index (χ0v) is 10.9. The minimum Gasteiger partial charge on any atom is -1.00 e. The van der Waals surface area contributed by atoms with E-state index in [9.17, 15) is 8.42 Å². The molecule has 0 radical (unpaired) electrons. The molecule has 15 heavy (non-hydrogen) atoms. The van der Waals surface area contributed by atoms with Crippen molar-refractivity contribution in [3.05, 3.63) is 36.5 Å². The largest absolute Gasteiger partial charge is 1.00 e. The van der Waals surface area contributed by atoms with Crippen molar-refractivity contribution in [2.24, 2.45) is 0 Å². The molecule has 0 unspecified atom stereocenters. The smallest absolute Gasteiger partial charge is 1.00 e. The molecule has 0 amide bonds. The Balaban J connectivity index is 0.00000112. The molecule has 1 heterocycles. The number of hydrogen-bond donors (Lipinski definition) is 1. The Hall–Kier alpha value is -0.460. The molecule has 0 aliphatic carbocycles. The van der Waals surface area contributed by atoms with Crippen LogP contribution in [0.3, 0.4) is 0 Å². The summed E-state index contributed by atoms with van der Waals surface area (Å²) in [4.78, 5) is 3.91. The van der Waals surface area contributed by atoms with Gasteiger partial charge in [-0.15, -0.1) is 0 Å². The molecule has 0 aliphatic heterocycles. The van der Waals surface area contributed by atoms with Crippen molar-refractivity contribution < 1.29 is 44.0 Å². The van der Waals surface area contributed by atoms with Crippen LogP contribution in [0.15, 0.2) is 41.4 Å². The van der Waals surface area contributed by atoms with E-state index >= 15 is 0 Å². The Morgan fingerprint density at radius 3 is 2.67 bits per heavy atom. The summed E-state index contributed by atoms with van der Waals surface area (Å²) < 4.78 is 30.4. The second-order valence-electron chi connectivity index (χ2n) is 2.83. The van der Waals surface area contributed by atoms with E-state index in [-0.39, 0.29) is 35.9 Å². The van der Waals surface area contributed by atoms with Gasteiger partial charge in [0.15, 0.2) is 0 Å². The van der Waals surface area contributed by atoms with Crippen LogP contribution in [0.5, 0.6) is 0 Å². The molecule has 0 saturated heterocycles. The van der Waals surface area contributed by atoms with E-state index in [0.29, 0.717) is 10.9 Å². The first-order valence-electron chi connectivity index (χ1n) is 3.90. The summed E-state index contributed by atoms with van der Waals surface area (Å²) in [6.45, 7) is 0. The predicted molar refractivity (Wildman–Crippen MR) is 52.7 cm³/mol. The zero-order chi connectivity index (χ0) is 10.2. The summed E-state index contributed by atoms with van der Waals surface area (Å²) >= 11 is 0. The molecule has 0 atom stereocenters. The fraction of sp³-hybridized carbons (Fsp3) is 0. The number of pyridine rings is 1. The number of fused-ring (bicyclic) bond motifs is 1. The van der Waals surface area contributed by atoms with Gasteiger partial charge in [0, 0.05) is 11.6 Å². The van der Waals surface area contributed by atoms with Crippen molar-refractivity contribution in [2.45, 2.75) is 4.90 Å². The third kappa shape index (κ3) is 2.76. The first-order valence-corrected chi connectivity index (χ1v) is 5.34. The van der Waals surface area contributed by atoms with Gasteiger partial charge in [-0.2, -0.15) is 8.42 Å². The summed E-state index contributed by atoms with van der Waals surface area (Å²) in [6.07, 6.45) is 1.62. The molecule has 74 valence electrons. The monoisotopic (exact) mass is 233 g/mol. The Labute approximate surface area is 111 Å². The van der Waals surface area contributed by atoms with Crippen molar-refractivity contribution in [3.63, 3.8) is 0 Å². The van der Waals surface area contributed by atoms with Crippen LogP contribution in [-0.4, -0.2) is 18.0 Å². The molecular weight excluding hydrogens is 225 g/mol. The van der Waals surface area contributed by atoms with Gasteiger partial charge in [0.2, 0.25) is 0 Å². The van der Waals surface area contributed by atoms with Crippen LogP contribution in [0.25, 0.3) is 10.9 Å². The second-order valence-corrected chi connectivity index (χ2v) is 4.25. The van der Waals surface area contributed by atoms with E-state index in [2.05, 4.69) is 4.98 Å². The molecule has 2 rings (SSSR count). The molecular formula is C9H8NNaO3S. The first-order chi connectivity index (χ1) is 6.57. The van der Waals surface area contributed by atoms with Crippen LogP contribution in [-0.2, 0) is 10.1 Å². The number of hydrogen-bond acceptors (Lipinski definition) is 3. The third-order valence-electron chi connectivity index (χ3n) is 1.87. The van der Waals surface area contributed by atoms with Gasteiger partial charge in [-0.1, -0.05) is 6.07 Å². The van der Waals surface area contributed by atoms with E-state index in [1.165, 1.54) is 12.1 Å². The standard InChI is InChI=1S/C9H7NO3S.Na.H/c11-14(12,13)8-3-4-9-7(6-8)2-1-5-10-9;;/h1-6H,(H,11,12,13);;/q;+1;-1. The van der Waals surface area contributed by atoms with Crippen LogP contribution in [0.2, 0.25) is 0 Å². The van der Waals surface area contributed by atoms with Crippen LogP contribution < -0.4 is 29.6 Å². The molecule has 1 aromatic carbocycles. The van der Waals surface area contributed by atoms with Gasteiger partial charge < -0.3 is 1.43 Å². The molecule has 0 fully saturated rings. The molecule has 0 spiro atoms. The van der Waals surface area contributed by atoms with Crippen molar-refractivity contribution in [1.29, 1.82) is 0 Å². The average molecular weight is 233 g/mol. The quantitative estimate of drug-likeness (QED) is 0.486. The summed E-state index contributed by atoms with van der Waals surface area (Å²) in [5.74, 6) is 0. The van der Waals surface area contributed by atoms with Gasteiger partial charge in [-0.25, -0.2) is 0 Å². The normalized spacial score (nSPS) is 11.0. The van der Waals surface area contributed by atoms with Crippen LogP contribution in [0, 0.1) is 0 Å². The van der Waals surface area contributed by atoms with E-state index in [1.807, 2.05) is 0 Å². The summed E-state index contributed by atoms with van der Waals surface area (Å²) in [7, 11) is -4.12. The van der Waals surface area contributed by atoms with E-state index < -0.39 is 10.1 Å². The molecule has 2 aromatic rings. The molecule has 1 N–H and O–H groups in total. The van der Waals surface area contributed by atoms with E-state index in [4.69, 9.17) is 4.55 Å². The van der Waals surface area contributed by atoms with Gasteiger partial charge in [0.05, 0.1) is 10.4 Å². The maximum atomic E-state index is 10.8. The number of aromatic nitrogens is 1. The average Bonchev–Trinajstić information content (AvgIpc) is 2.16. The molecule has 0 saturated carbocycles. The number of nitrogens with zero attached hydrogens (tertiary/aromatic N) is 1. The topological polar surface area (TPSA) is 67.3 Å². The minimum absolute atomic E-state index is 0. The summed E-state index contributed by atoms with van der Waals surface area (Å²) in [5, 5.41) is 0.683. The van der Waals surface area contributed by atoms with Crippen molar-refractivity contribution in [3.8, 4) is 0 Å². The molecule has 4 nitrogen and oxygen atoms in total. The van der Waals surface area contributed by atoms with Crippen LogP contribution in [0.1, 0.15) is 1.43 Å². The van der Waals surface area contributed by atoms with Crippen molar-refractivity contribution >= 4 is 21.0 Å². The number of benzene rings is 1. The van der Waals surface area contributed by atoms with Crippen LogP contribution in [0.4, 0.5) is 0 Å². The Kier molecular flexibility index (Phi) is 3.86. The Bertz CT molecular complexity index is 588. The number of rotatable bonds is 1. The second kappa shape index (κ2) is 4.59. The zero-order valence-electron chi connectivity index (χ0n) is 9.08. The van der Waals surface area contributed by atoms with Crippen molar-refractivity contribution in [1.82, 2.24) is 4.98 Å². The Morgan fingerprint density at radius 2 is 2.00 bits per heavy atom. The Morgan fingerprint density at radius 1 is 1.27 bits per heavy atom. The minimum atomic E-state index is -4.12. The fourth-order valence-electron chi connectivity index (χ4n) is 1.21. The fourth-order valence-corrected chi connectivity index (χ4v) is 1.73. The molecule has 1 aromatic heterocycles. The van der Waals surface area contributed by atoms with E-state index in [1.54, 1.807) is 24.4 Å². The summed E-state index contributed by atoms with van der Waals surface area (Å²) in [5.41, 5.74) is 0.694. The van der Waals surface area contributed by atoms with Crippen molar-refractivity contribution in [2.75, 3.05) is 0 Å². The van der Waals surface area contributed by atoms with Gasteiger partial charge >= 0.3 is 29.6 Å². The maximum absolute atomic E-state index is 10.8. The van der Waals surface area contributed by atoms with Gasteiger partial charge in [0.1, 0.15) is 0 Å². The molecule has 6 heteroatoms. The first kappa shape index (κ1) is 12.6. The predicted octanol–water partition coefficient (Wildman–Crippen LogP) is -1.40. The maximum Gasteiger partial charge on any atom is 1.00 e.